The smallest absolute Gasteiger partial charge is 0.233 e. The minimum absolute atomic E-state index is 0.0232. The molecule has 2 N–H and O–H groups in total. The van der Waals surface area contributed by atoms with Crippen LogP contribution in [0.25, 0.3) is 0 Å². The number of benzene rings is 1. The fourth-order valence-corrected chi connectivity index (χ4v) is 3.94. The average Bonchev–Trinajstić information content (AvgIpc) is 2.35. The van der Waals surface area contributed by atoms with Crippen LogP contribution in [-0.2, 0) is 10.0 Å². The van der Waals surface area contributed by atoms with Crippen LogP contribution >= 0.6 is 11.6 Å². The summed E-state index contributed by atoms with van der Waals surface area (Å²) >= 11 is 5.80. The van der Waals surface area contributed by atoms with Gasteiger partial charge in [-0.1, -0.05) is 17.7 Å². The summed E-state index contributed by atoms with van der Waals surface area (Å²) in [6, 6.07) is 4.05. The van der Waals surface area contributed by atoms with Gasteiger partial charge in [0.05, 0.1) is 10.8 Å². The summed E-state index contributed by atoms with van der Waals surface area (Å²) in [7, 11) is -3.59. The van der Waals surface area contributed by atoms with Gasteiger partial charge in [0.2, 0.25) is 10.0 Å². The van der Waals surface area contributed by atoms with Gasteiger partial charge in [0.25, 0.3) is 0 Å². The Bertz CT molecular complexity index is 524. The summed E-state index contributed by atoms with van der Waals surface area (Å²) in [4.78, 5) is 0. The Morgan fingerprint density at radius 1 is 1.47 bits per heavy atom. The van der Waals surface area contributed by atoms with Gasteiger partial charge in [-0.3, -0.25) is 4.72 Å². The van der Waals surface area contributed by atoms with E-state index in [-0.39, 0.29) is 22.4 Å². The first-order valence-corrected chi connectivity index (χ1v) is 8.16. The van der Waals surface area contributed by atoms with Crippen molar-refractivity contribution < 1.29 is 12.8 Å². The molecule has 0 bridgehead atoms. The molecule has 1 aliphatic heterocycles. The highest BCUT2D eigenvalue weighted by Gasteiger charge is 2.22. The van der Waals surface area contributed by atoms with Gasteiger partial charge in [-0.05, 0) is 44.0 Å². The van der Waals surface area contributed by atoms with Crippen molar-refractivity contribution in [2.75, 3.05) is 23.6 Å². The van der Waals surface area contributed by atoms with Gasteiger partial charge in [-0.25, -0.2) is 12.8 Å². The van der Waals surface area contributed by atoms with Crippen molar-refractivity contribution in [3.05, 3.63) is 29.0 Å². The molecule has 2 rings (SSSR count). The molecule has 0 aliphatic carbocycles. The lowest BCUT2D eigenvalue weighted by Crippen LogP contribution is -2.35. The van der Waals surface area contributed by atoms with E-state index >= 15 is 0 Å². The van der Waals surface area contributed by atoms with Crippen LogP contribution < -0.4 is 10.0 Å². The lowest BCUT2D eigenvalue weighted by atomic mass is 10.0. The maximum absolute atomic E-state index is 13.5. The highest BCUT2D eigenvalue weighted by atomic mass is 35.5. The largest absolute Gasteiger partial charge is 0.316 e. The number of anilines is 1. The molecule has 4 nitrogen and oxygen atoms in total. The minimum atomic E-state index is -3.59. The van der Waals surface area contributed by atoms with E-state index in [1.165, 1.54) is 18.2 Å². The summed E-state index contributed by atoms with van der Waals surface area (Å²) < 4.78 is 39.8. The average molecular weight is 307 g/mol. The molecular formula is C12H16ClFN2O2S. The fourth-order valence-electron chi connectivity index (χ4n) is 2.17. The van der Waals surface area contributed by atoms with E-state index < -0.39 is 15.8 Å². The second-order valence-electron chi connectivity index (χ2n) is 4.69. The zero-order valence-corrected chi connectivity index (χ0v) is 11.9. The molecular weight excluding hydrogens is 291 g/mol. The van der Waals surface area contributed by atoms with Crippen molar-refractivity contribution in [1.29, 1.82) is 0 Å². The number of nitrogens with one attached hydrogen (secondary N) is 2. The van der Waals surface area contributed by atoms with Crippen LogP contribution in [0.2, 0.25) is 5.02 Å². The van der Waals surface area contributed by atoms with Gasteiger partial charge in [0.15, 0.2) is 0 Å². The first-order valence-electron chi connectivity index (χ1n) is 6.13. The van der Waals surface area contributed by atoms with E-state index in [2.05, 4.69) is 10.0 Å². The highest BCUT2D eigenvalue weighted by molar-refractivity contribution is 7.92. The van der Waals surface area contributed by atoms with E-state index in [1.54, 1.807) is 0 Å². The van der Waals surface area contributed by atoms with Crippen molar-refractivity contribution in [1.82, 2.24) is 5.32 Å². The van der Waals surface area contributed by atoms with Crippen LogP contribution in [0, 0.1) is 11.7 Å². The lowest BCUT2D eigenvalue weighted by Gasteiger charge is -2.22. The Kier molecular flexibility index (Phi) is 4.65. The molecule has 1 heterocycles. The van der Waals surface area contributed by atoms with Crippen LogP contribution in [0.15, 0.2) is 18.2 Å². The number of rotatable bonds is 4. The van der Waals surface area contributed by atoms with Crippen molar-refractivity contribution >= 4 is 27.3 Å². The molecule has 0 amide bonds. The Hall–Kier alpha value is -0.850. The van der Waals surface area contributed by atoms with Gasteiger partial charge < -0.3 is 5.32 Å². The third-order valence-electron chi connectivity index (χ3n) is 3.07. The summed E-state index contributed by atoms with van der Waals surface area (Å²) in [5.41, 5.74) is -0.173. The topological polar surface area (TPSA) is 58.2 Å². The monoisotopic (exact) mass is 306 g/mol. The number of hydrogen-bond acceptors (Lipinski definition) is 3. The van der Waals surface area contributed by atoms with Gasteiger partial charge in [-0.2, -0.15) is 0 Å². The summed E-state index contributed by atoms with van der Waals surface area (Å²) in [6.45, 7) is 1.59. The predicted octanol–water partition coefficient (Wildman–Crippen LogP) is 2.22. The van der Waals surface area contributed by atoms with Crippen LogP contribution in [0.5, 0.6) is 0 Å². The van der Waals surface area contributed by atoms with Gasteiger partial charge in [0, 0.05) is 0 Å². The van der Waals surface area contributed by atoms with E-state index in [0.29, 0.717) is 6.54 Å². The molecule has 1 aromatic rings. The molecule has 7 heteroatoms. The van der Waals surface area contributed by atoms with Gasteiger partial charge in [0.1, 0.15) is 11.5 Å². The van der Waals surface area contributed by atoms with Crippen molar-refractivity contribution in [3.8, 4) is 0 Å². The van der Waals surface area contributed by atoms with Gasteiger partial charge >= 0.3 is 0 Å². The molecule has 1 aliphatic rings. The summed E-state index contributed by atoms with van der Waals surface area (Å²) in [5, 5.41) is 3.21. The molecule has 1 saturated heterocycles. The van der Waals surface area contributed by atoms with E-state index in [4.69, 9.17) is 11.6 Å². The number of halogens is 2. The van der Waals surface area contributed by atoms with E-state index in [9.17, 15) is 12.8 Å². The Balaban J connectivity index is 2.08. The first kappa shape index (κ1) is 14.6. The summed E-state index contributed by atoms with van der Waals surface area (Å²) in [6.07, 6.45) is 1.82. The molecule has 0 saturated carbocycles. The zero-order chi connectivity index (χ0) is 13.9. The predicted molar refractivity (Wildman–Crippen MR) is 74.4 cm³/mol. The minimum Gasteiger partial charge on any atom is -0.316 e. The number of hydrogen-bond donors (Lipinski definition) is 2. The van der Waals surface area contributed by atoms with Crippen molar-refractivity contribution in [2.45, 2.75) is 12.8 Å². The van der Waals surface area contributed by atoms with E-state index in [0.717, 1.165) is 19.4 Å². The highest BCUT2D eigenvalue weighted by Crippen LogP contribution is 2.26. The van der Waals surface area contributed by atoms with Crippen LogP contribution in [-0.4, -0.2) is 27.3 Å². The van der Waals surface area contributed by atoms with Gasteiger partial charge in [-0.15, -0.1) is 0 Å². The first-order chi connectivity index (χ1) is 8.98. The van der Waals surface area contributed by atoms with Crippen molar-refractivity contribution in [2.24, 2.45) is 5.92 Å². The number of sulfonamides is 1. The Labute approximate surface area is 117 Å². The molecule has 19 heavy (non-hydrogen) atoms. The Morgan fingerprint density at radius 2 is 2.26 bits per heavy atom. The molecule has 1 atom stereocenters. The molecule has 1 aromatic carbocycles. The van der Waals surface area contributed by atoms with Crippen LogP contribution in [0.1, 0.15) is 12.8 Å². The van der Waals surface area contributed by atoms with Crippen LogP contribution in [0.4, 0.5) is 10.1 Å². The summed E-state index contributed by atoms with van der Waals surface area (Å²) in [5.74, 6) is -0.639. The molecule has 106 valence electrons. The number of para-hydroxylation sites is 1. The second kappa shape index (κ2) is 6.07. The molecule has 1 unspecified atom stereocenters. The molecule has 0 radical (unpaired) electrons. The molecule has 0 spiro atoms. The normalized spacial score (nSPS) is 20.2. The third-order valence-corrected chi connectivity index (χ3v) is 4.81. The van der Waals surface area contributed by atoms with Crippen LogP contribution in [0.3, 0.4) is 0 Å². The second-order valence-corrected chi connectivity index (χ2v) is 6.87. The van der Waals surface area contributed by atoms with E-state index in [1.807, 2.05) is 0 Å². The molecule has 0 aromatic heterocycles. The van der Waals surface area contributed by atoms with Crippen molar-refractivity contribution in [3.63, 3.8) is 0 Å². The Morgan fingerprint density at radius 3 is 2.89 bits per heavy atom. The third kappa shape index (κ3) is 4.06. The molecule has 1 fully saturated rings. The standard InChI is InChI=1S/C12H16ClFN2O2S/c13-10-4-1-5-11(14)12(10)16-19(17,18)8-9-3-2-6-15-7-9/h1,4-5,9,15-16H,2-3,6-8H2. The fraction of sp³-hybridized carbons (Fsp3) is 0.500. The quantitative estimate of drug-likeness (QED) is 0.897. The maximum atomic E-state index is 13.5. The lowest BCUT2D eigenvalue weighted by molar-refractivity contribution is 0.404. The maximum Gasteiger partial charge on any atom is 0.233 e. The zero-order valence-electron chi connectivity index (χ0n) is 10.3. The SMILES string of the molecule is O=S(=O)(CC1CCCNC1)Nc1c(F)cccc1Cl. The number of piperidine rings is 1.